The number of aliphatic hydroxyl groups excluding tert-OH is 2. The monoisotopic (exact) mass is 592 g/mol. The van der Waals surface area contributed by atoms with Crippen LogP contribution in [-0.2, 0) is 41.4 Å². The molecule has 3 unspecified atom stereocenters. The molecule has 1 fully saturated rings. The third kappa shape index (κ3) is 7.31. The zero-order valence-corrected chi connectivity index (χ0v) is 23.7. The summed E-state index contributed by atoms with van der Waals surface area (Å²) in [6, 6.07) is 14.9. The molecular weight excluding hydrogens is 556 g/mol. The van der Waals surface area contributed by atoms with Gasteiger partial charge in [0.1, 0.15) is 24.9 Å². The minimum atomic E-state index is -0.929. The van der Waals surface area contributed by atoms with Gasteiger partial charge >= 0.3 is 5.97 Å². The Labute approximate surface area is 249 Å². The van der Waals surface area contributed by atoms with Gasteiger partial charge < -0.3 is 39.8 Å². The molecule has 0 radical (unpaired) electrons. The number of benzene rings is 2. The number of fused-ring (bicyclic) bond motifs is 2. The summed E-state index contributed by atoms with van der Waals surface area (Å²) in [6.07, 6.45) is 3.90. The molecule has 4 N–H and O–H groups in total. The molecule has 3 atom stereocenters. The van der Waals surface area contributed by atoms with Crippen molar-refractivity contribution >= 4 is 23.9 Å². The molecular formula is C32H36N2O9. The van der Waals surface area contributed by atoms with E-state index in [0.717, 1.165) is 11.1 Å². The van der Waals surface area contributed by atoms with E-state index in [0.29, 0.717) is 29.5 Å². The predicted molar refractivity (Wildman–Crippen MR) is 154 cm³/mol. The molecule has 11 nitrogen and oxygen atoms in total. The number of esters is 1. The maximum absolute atomic E-state index is 13.5. The van der Waals surface area contributed by atoms with Crippen LogP contribution in [-0.4, -0.2) is 85.0 Å². The van der Waals surface area contributed by atoms with Crippen LogP contribution in [0.5, 0.6) is 0 Å². The highest BCUT2D eigenvalue weighted by Crippen LogP contribution is 2.45. The van der Waals surface area contributed by atoms with E-state index in [9.17, 15) is 14.4 Å². The third-order valence-electron chi connectivity index (χ3n) is 7.57. The van der Waals surface area contributed by atoms with Gasteiger partial charge in [-0.3, -0.25) is 9.59 Å². The summed E-state index contributed by atoms with van der Waals surface area (Å²) in [5.41, 5.74) is 3.49. The molecule has 228 valence electrons. The summed E-state index contributed by atoms with van der Waals surface area (Å²) in [5, 5.41) is 23.1. The summed E-state index contributed by atoms with van der Waals surface area (Å²) in [5.74, 6) is -2.20. The predicted octanol–water partition coefficient (Wildman–Crippen LogP) is 1.42. The van der Waals surface area contributed by atoms with Crippen LogP contribution < -0.4 is 10.6 Å². The van der Waals surface area contributed by atoms with E-state index >= 15 is 0 Å². The first kappa shape index (κ1) is 30.4. The lowest BCUT2D eigenvalue weighted by Gasteiger charge is -2.30. The number of nitrogens with one attached hydrogen (secondary N) is 2. The molecule has 1 spiro atoms. The largest absolute Gasteiger partial charge is 0.499 e. The van der Waals surface area contributed by atoms with Crippen LogP contribution in [0.1, 0.15) is 39.9 Å². The summed E-state index contributed by atoms with van der Waals surface area (Å²) < 4.78 is 24.3. The van der Waals surface area contributed by atoms with E-state index in [2.05, 4.69) is 10.6 Å². The van der Waals surface area contributed by atoms with Gasteiger partial charge in [-0.15, -0.1) is 0 Å². The number of aliphatic hydroxyl groups is 2. The Morgan fingerprint density at radius 3 is 2.44 bits per heavy atom. The summed E-state index contributed by atoms with van der Waals surface area (Å²) in [7, 11) is 0. The van der Waals surface area contributed by atoms with Gasteiger partial charge in [-0.1, -0.05) is 42.5 Å². The van der Waals surface area contributed by atoms with Crippen LogP contribution >= 0.6 is 0 Å². The number of carbonyl (C=O) groups excluding carboxylic acids is 3. The average Bonchev–Trinajstić information content (AvgIpc) is 3.56. The number of hydrogen-bond acceptors (Lipinski definition) is 9. The van der Waals surface area contributed by atoms with E-state index in [4.69, 9.17) is 29.2 Å². The molecule has 0 bridgehead atoms. The topological polar surface area (TPSA) is 153 Å². The number of ether oxygens (including phenoxy) is 4. The maximum Gasteiger partial charge on any atom is 0.339 e. The molecule has 43 heavy (non-hydrogen) atoms. The lowest BCUT2D eigenvalue weighted by molar-refractivity contribution is -0.172. The molecule has 0 saturated carbocycles. The van der Waals surface area contributed by atoms with Crippen molar-refractivity contribution in [2.75, 3.05) is 32.9 Å². The zero-order chi connectivity index (χ0) is 30.2. The van der Waals surface area contributed by atoms with E-state index in [-0.39, 0.29) is 51.7 Å². The van der Waals surface area contributed by atoms with Crippen molar-refractivity contribution in [3.63, 3.8) is 0 Å². The molecule has 1 aliphatic heterocycles. The summed E-state index contributed by atoms with van der Waals surface area (Å²) >= 11 is 0. The van der Waals surface area contributed by atoms with Gasteiger partial charge in [0.2, 0.25) is 11.8 Å². The zero-order valence-electron chi connectivity index (χ0n) is 23.7. The number of amides is 2. The summed E-state index contributed by atoms with van der Waals surface area (Å²) in [6.45, 7) is 0.0712. The molecule has 2 aromatic rings. The van der Waals surface area contributed by atoms with E-state index < -0.39 is 36.0 Å². The van der Waals surface area contributed by atoms with E-state index in [1.54, 1.807) is 36.4 Å². The van der Waals surface area contributed by atoms with Crippen molar-refractivity contribution in [2.45, 2.75) is 49.8 Å². The fourth-order valence-corrected chi connectivity index (χ4v) is 5.62. The van der Waals surface area contributed by atoms with Crippen molar-refractivity contribution in [2.24, 2.45) is 0 Å². The van der Waals surface area contributed by atoms with Gasteiger partial charge in [0.15, 0.2) is 5.79 Å². The summed E-state index contributed by atoms with van der Waals surface area (Å²) in [4.78, 5) is 38.5. The molecule has 5 rings (SSSR count). The van der Waals surface area contributed by atoms with E-state index in [1.165, 1.54) is 6.26 Å². The van der Waals surface area contributed by atoms with Gasteiger partial charge in [-0.25, -0.2) is 4.79 Å². The maximum atomic E-state index is 13.5. The van der Waals surface area contributed by atoms with Crippen LogP contribution in [0.15, 0.2) is 66.4 Å². The Bertz CT molecular complexity index is 1360. The van der Waals surface area contributed by atoms with E-state index in [1.807, 2.05) is 24.3 Å². The Morgan fingerprint density at radius 1 is 0.953 bits per heavy atom. The average molecular weight is 593 g/mol. The Hall–Kier alpha value is -4.03. The molecule has 2 aromatic carbocycles. The minimum absolute atomic E-state index is 0.0524. The van der Waals surface area contributed by atoms with Gasteiger partial charge in [-0.05, 0) is 34.9 Å². The number of rotatable bonds is 12. The van der Waals surface area contributed by atoms with Crippen LogP contribution in [0, 0.1) is 0 Å². The molecule has 1 heterocycles. The first-order chi connectivity index (χ1) is 20.9. The van der Waals surface area contributed by atoms with Crippen LogP contribution in [0.2, 0.25) is 0 Å². The number of hydrogen-bond donors (Lipinski definition) is 4. The third-order valence-corrected chi connectivity index (χ3v) is 7.57. The number of carbonyl (C=O) groups is 3. The molecule has 1 saturated heterocycles. The van der Waals surface area contributed by atoms with Gasteiger partial charge in [-0.2, -0.15) is 0 Å². The molecule has 2 amide bonds. The quantitative estimate of drug-likeness (QED) is 0.163. The fourth-order valence-electron chi connectivity index (χ4n) is 5.62. The lowest BCUT2D eigenvalue weighted by Crippen LogP contribution is -2.44. The standard InChI is InChI=1S/C32H36N2O9/c35-13-12-33-28(37)9-11-34-30(38)24-17-26(41-31(39)25-8-4-3-5-21(25)10-15-40-16-14-36)29-27(18-24)42-32(43-29)19-22-6-1-2-7-23(22)20-32/h1-8,10,15,18,26-27,29,35-36H,9,11-14,16-17,19-20H2,(H,33,37)(H,34,38). The second kappa shape index (κ2) is 14.0. The minimum Gasteiger partial charge on any atom is -0.499 e. The van der Waals surface area contributed by atoms with Gasteiger partial charge in [0.05, 0.1) is 25.0 Å². The SMILES string of the molecule is O=C(CCNC(=O)C1=CC2OC3(Cc4ccccc4C3)OC2C(OC(=O)c2ccccc2C=COCCO)C1)NCCO. The smallest absolute Gasteiger partial charge is 0.339 e. The Kier molecular flexibility index (Phi) is 9.88. The first-order valence-corrected chi connectivity index (χ1v) is 14.4. The van der Waals surface area contributed by atoms with Crippen LogP contribution in [0.4, 0.5) is 0 Å². The molecule has 3 aliphatic rings. The molecule has 11 heteroatoms. The lowest BCUT2D eigenvalue weighted by atomic mass is 9.91. The normalized spacial score (nSPS) is 21.6. The van der Waals surface area contributed by atoms with Crippen LogP contribution in [0.25, 0.3) is 6.08 Å². The van der Waals surface area contributed by atoms with Crippen molar-refractivity contribution in [1.29, 1.82) is 0 Å². The van der Waals surface area contributed by atoms with Crippen LogP contribution in [0.3, 0.4) is 0 Å². The van der Waals surface area contributed by atoms with Gasteiger partial charge in [0, 0.05) is 44.3 Å². The van der Waals surface area contributed by atoms with Crippen molar-refractivity contribution in [3.05, 3.63) is 88.7 Å². The molecule has 0 aromatic heterocycles. The second-order valence-corrected chi connectivity index (χ2v) is 10.6. The van der Waals surface area contributed by atoms with Crippen molar-refractivity contribution < 1.29 is 43.5 Å². The van der Waals surface area contributed by atoms with Crippen molar-refractivity contribution in [1.82, 2.24) is 10.6 Å². The highest BCUT2D eigenvalue weighted by Gasteiger charge is 2.55. The highest BCUT2D eigenvalue weighted by atomic mass is 16.8. The van der Waals surface area contributed by atoms with Crippen molar-refractivity contribution in [3.8, 4) is 0 Å². The second-order valence-electron chi connectivity index (χ2n) is 10.6. The first-order valence-electron chi connectivity index (χ1n) is 14.4. The Balaban J connectivity index is 1.33. The Morgan fingerprint density at radius 2 is 1.70 bits per heavy atom. The highest BCUT2D eigenvalue weighted by molar-refractivity contribution is 5.95. The van der Waals surface area contributed by atoms with Gasteiger partial charge in [0.25, 0.3) is 0 Å². The fraction of sp³-hybridized carbons (Fsp3) is 0.406. The molecule has 2 aliphatic carbocycles.